The van der Waals surface area contributed by atoms with E-state index < -0.39 is 14.4 Å². The molecule has 3 unspecified atom stereocenters. The van der Waals surface area contributed by atoms with Crippen molar-refractivity contribution in [3.05, 3.63) is 156 Å². The minimum absolute atomic E-state index is 0.0574. The second kappa shape index (κ2) is 13.3. The van der Waals surface area contributed by atoms with Crippen LogP contribution in [0.5, 0.6) is 5.75 Å². The van der Waals surface area contributed by atoms with Gasteiger partial charge in [0.05, 0.1) is 18.1 Å². The number of anilines is 1. The summed E-state index contributed by atoms with van der Waals surface area (Å²) in [5.41, 5.74) is 2.34. The van der Waals surface area contributed by atoms with Crippen molar-refractivity contribution in [3.8, 4) is 5.75 Å². The van der Waals surface area contributed by atoms with Crippen molar-refractivity contribution in [1.29, 1.82) is 0 Å². The topological polar surface area (TPSA) is 49.8 Å². The molecule has 47 heavy (non-hydrogen) atoms. The van der Waals surface area contributed by atoms with Crippen LogP contribution < -0.4 is 15.3 Å². The Balaban J connectivity index is 1.39. The van der Waals surface area contributed by atoms with Crippen molar-refractivity contribution in [3.63, 3.8) is 0 Å². The molecular weight excluding hydrogens is 609 g/mol. The lowest BCUT2D eigenvalue weighted by Gasteiger charge is -2.49. The molecule has 6 rings (SSSR count). The molecule has 4 nitrogen and oxygen atoms in total. The highest BCUT2D eigenvalue weighted by Crippen LogP contribution is 2.48. The van der Waals surface area contributed by atoms with E-state index in [1.807, 2.05) is 48.5 Å². The van der Waals surface area contributed by atoms with E-state index in [1.165, 1.54) is 24.3 Å². The molecular formula is C40H39F2NO3Si. The molecule has 7 heteroatoms. The Hall–Kier alpha value is -4.59. The van der Waals surface area contributed by atoms with Crippen LogP contribution in [-0.4, -0.2) is 19.3 Å². The number of carbonyl (C=O) groups is 1. The fourth-order valence-corrected chi connectivity index (χ4v) is 11.7. The van der Waals surface area contributed by atoms with Crippen LogP contribution in [0.3, 0.4) is 0 Å². The summed E-state index contributed by atoms with van der Waals surface area (Å²) in [6.45, 7) is 6.66. The molecule has 1 aliphatic heterocycles. The van der Waals surface area contributed by atoms with Crippen molar-refractivity contribution < 1.29 is 23.1 Å². The number of benzene rings is 5. The molecule has 1 amide bonds. The van der Waals surface area contributed by atoms with Crippen molar-refractivity contribution in [1.82, 2.24) is 0 Å². The third-order valence-corrected chi connectivity index (χ3v) is 14.3. The molecule has 0 aliphatic carbocycles. The number of phenols is 1. The summed E-state index contributed by atoms with van der Waals surface area (Å²) in [7, 11) is -3.00. The van der Waals surface area contributed by atoms with E-state index in [0.29, 0.717) is 18.5 Å². The number of β-lactam (4-membered cyclic amide) rings is 1. The molecule has 240 valence electrons. The summed E-state index contributed by atoms with van der Waals surface area (Å²) in [5.74, 6) is -0.996. The van der Waals surface area contributed by atoms with Crippen LogP contribution in [0.1, 0.15) is 56.9 Å². The predicted molar refractivity (Wildman–Crippen MR) is 185 cm³/mol. The SMILES string of the molecule is CC(C)(C)[Si](OC(CCC1C(=O)N(c2ccc(F)cc2)C1c1ccc(O)cc1)c1ccc(F)cc1)(c1ccccc1)c1ccccc1. The maximum absolute atomic E-state index is 14.2. The van der Waals surface area contributed by atoms with Crippen LogP contribution in [0, 0.1) is 17.6 Å². The minimum atomic E-state index is -3.00. The van der Waals surface area contributed by atoms with Crippen molar-refractivity contribution >= 4 is 30.3 Å². The van der Waals surface area contributed by atoms with Gasteiger partial charge in [-0.15, -0.1) is 0 Å². The van der Waals surface area contributed by atoms with Gasteiger partial charge < -0.3 is 14.4 Å². The van der Waals surface area contributed by atoms with Gasteiger partial charge in [0, 0.05) is 5.69 Å². The number of nitrogens with zero attached hydrogens (tertiary/aromatic N) is 1. The van der Waals surface area contributed by atoms with Crippen LogP contribution >= 0.6 is 0 Å². The number of aromatic hydroxyl groups is 1. The van der Waals surface area contributed by atoms with Crippen LogP contribution in [0.15, 0.2) is 133 Å². The van der Waals surface area contributed by atoms with Gasteiger partial charge in [-0.1, -0.05) is 106 Å². The lowest BCUT2D eigenvalue weighted by molar-refractivity contribution is -0.131. The van der Waals surface area contributed by atoms with Crippen molar-refractivity contribution in [2.24, 2.45) is 5.92 Å². The van der Waals surface area contributed by atoms with Crippen LogP contribution in [0.2, 0.25) is 5.04 Å². The Morgan fingerprint density at radius 1 is 0.745 bits per heavy atom. The van der Waals surface area contributed by atoms with E-state index in [0.717, 1.165) is 21.5 Å². The first kappa shape index (κ1) is 32.4. The molecule has 0 saturated carbocycles. The average Bonchev–Trinajstić information content (AvgIpc) is 3.07. The third-order valence-electron chi connectivity index (χ3n) is 9.27. The number of hydrogen-bond acceptors (Lipinski definition) is 3. The number of carbonyl (C=O) groups excluding carboxylic acids is 1. The Kier molecular flexibility index (Phi) is 9.13. The largest absolute Gasteiger partial charge is 0.508 e. The minimum Gasteiger partial charge on any atom is -0.508 e. The summed E-state index contributed by atoms with van der Waals surface area (Å²) in [4.78, 5) is 15.6. The van der Waals surface area contributed by atoms with Gasteiger partial charge in [-0.25, -0.2) is 8.78 Å². The Labute approximate surface area is 276 Å². The smallest absolute Gasteiger partial charge is 0.261 e. The van der Waals surface area contributed by atoms with Gasteiger partial charge in [0.2, 0.25) is 5.91 Å². The Bertz CT molecular complexity index is 1750. The summed E-state index contributed by atoms with van der Waals surface area (Å²) in [6, 6.07) is 39.7. The highest BCUT2D eigenvalue weighted by Gasteiger charge is 2.53. The molecule has 0 aromatic heterocycles. The van der Waals surface area contributed by atoms with Crippen LogP contribution in [0.4, 0.5) is 14.5 Å². The van der Waals surface area contributed by atoms with Crippen LogP contribution in [-0.2, 0) is 9.22 Å². The van der Waals surface area contributed by atoms with E-state index >= 15 is 0 Å². The van der Waals surface area contributed by atoms with E-state index in [-0.39, 0.29) is 40.3 Å². The monoisotopic (exact) mass is 647 g/mol. The summed E-state index contributed by atoms with van der Waals surface area (Å²) >= 11 is 0. The zero-order valence-electron chi connectivity index (χ0n) is 26.8. The zero-order valence-corrected chi connectivity index (χ0v) is 27.8. The molecule has 1 aliphatic rings. The van der Waals surface area contributed by atoms with E-state index in [4.69, 9.17) is 4.43 Å². The van der Waals surface area contributed by atoms with Crippen molar-refractivity contribution in [2.75, 3.05) is 4.90 Å². The maximum Gasteiger partial charge on any atom is 0.261 e. The molecule has 0 spiro atoms. The summed E-state index contributed by atoms with van der Waals surface area (Å²) in [5, 5.41) is 12.0. The highest BCUT2D eigenvalue weighted by molar-refractivity contribution is 6.99. The molecule has 5 aromatic rings. The van der Waals surface area contributed by atoms with Gasteiger partial charge in [0.1, 0.15) is 17.4 Å². The van der Waals surface area contributed by atoms with Gasteiger partial charge in [-0.05, 0) is 87.9 Å². The maximum atomic E-state index is 14.2. The van der Waals surface area contributed by atoms with Gasteiger partial charge >= 0.3 is 0 Å². The molecule has 5 aromatic carbocycles. The average molecular weight is 648 g/mol. The lowest BCUT2D eigenvalue weighted by atomic mass is 9.78. The van der Waals surface area contributed by atoms with Gasteiger partial charge in [-0.2, -0.15) is 0 Å². The second-order valence-electron chi connectivity index (χ2n) is 13.2. The second-order valence-corrected chi connectivity index (χ2v) is 17.5. The zero-order chi connectivity index (χ0) is 33.2. The standard InChI is InChI=1S/C40H39F2NO3Si/c1-40(2,3)47(34-10-6-4-7-11-34,35-12-8-5-9-13-35)46-37(28-14-18-30(41)19-15-28)27-26-36-38(29-16-24-33(44)25-17-29)43(39(36)45)32-22-20-31(42)21-23-32/h4-25,36-38,44H,26-27H2,1-3H3. The predicted octanol–water partition coefficient (Wildman–Crippen LogP) is 8.47. The fourth-order valence-electron chi connectivity index (χ4n) is 6.98. The summed E-state index contributed by atoms with van der Waals surface area (Å²) < 4.78 is 35.6. The number of halogens is 2. The fraction of sp³-hybridized carbons (Fsp3) is 0.225. The number of hydrogen-bond donors (Lipinski definition) is 1. The van der Waals surface area contributed by atoms with Gasteiger partial charge in [0.15, 0.2) is 0 Å². The number of phenolic OH excluding ortho intramolecular Hbond substituents is 1. The molecule has 1 fully saturated rings. The molecule has 1 N–H and O–H groups in total. The Morgan fingerprint density at radius 2 is 1.26 bits per heavy atom. The number of amides is 1. The molecule has 0 bridgehead atoms. The quantitative estimate of drug-likeness (QED) is 0.122. The first-order valence-electron chi connectivity index (χ1n) is 16.0. The van der Waals surface area contributed by atoms with Gasteiger partial charge in [-0.3, -0.25) is 4.79 Å². The van der Waals surface area contributed by atoms with E-state index in [9.17, 15) is 18.7 Å². The molecule has 0 radical (unpaired) electrons. The van der Waals surface area contributed by atoms with E-state index in [1.54, 1.807) is 41.3 Å². The molecule has 3 atom stereocenters. The van der Waals surface area contributed by atoms with Crippen molar-refractivity contribution in [2.45, 2.75) is 50.8 Å². The van der Waals surface area contributed by atoms with E-state index in [2.05, 4.69) is 45.0 Å². The normalized spacial score (nSPS) is 17.3. The summed E-state index contributed by atoms with van der Waals surface area (Å²) in [6.07, 6.45) is 0.579. The lowest BCUT2D eigenvalue weighted by Crippen LogP contribution is -2.67. The molecule has 1 heterocycles. The molecule has 1 saturated heterocycles. The number of rotatable bonds is 10. The van der Waals surface area contributed by atoms with Crippen LogP contribution in [0.25, 0.3) is 0 Å². The first-order valence-corrected chi connectivity index (χ1v) is 17.9. The first-order chi connectivity index (χ1) is 22.6. The third kappa shape index (κ3) is 6.38. The Morgan fingerprint density at radius 3 is 1.77 bits per heavy atom. The highest BCUT2D eigenvalue weighted by atomic mass is 28.4. The van der Waals surface area contributed by atoms with Gasteiger partial charge in [0.25, 0.3) is 8.32 Å².